The largest absolute Gasteiger partial charge is 0.382 e. The van der Waals surface area contributed by atoms with Gasteiger partial charge in [0.15, 0.2) is 5.82 Å². The van der Waals surface area contributed by atoms with Gasteiger partial charge in [-0.2, -0.15) is 11.8 Å². The van der Waals surface area contributed by atoms with Crippen LogP contribution in [0.4, 0.5) is 5.82 Å². The number of imidazole rings is 1. The summed E-state index contributed by atoms with van der Waals surface area (Å²) < 4.78 is 0. The molecule has 4 rings (SSSR count). The first-order chi connectivity index (χ1) is 11.8. The molecule has 2 aromatic carbocycles. The number of fused-ring (bicyclic) bond motifs is 3. The predicted molar refractivity (Wildman–Crippen MR) is 102 cm³/mol. The van der Waals surface area contributed by atoms with Crippen LogP contribution in [0.5, 0.6) is 0 Å². The number of aromatic nitrogens is 3. The van der Waals surface area contributed by atoms with Gasteiger partial charge in [0.1, 0.15) is 5.52 Å². The quantitative estimate of drug-likeness (QED) is 0.588. The summed E-state index contributed by atoms with van der Waals surface area (Å²) in [5, 5.41) is 1.11. The van der Waals surface area contributed by atoms with Gasteiger partial charge in [-0.05, 0) is 35.4 Å². The lowest BCUT2D eigenvalue weighted by atomic mass is 9.97. The molecule has 0 amide bonds. The first-order valence-electron chi connectivity index (χ1n) is 7.84. The van der Waals surface area contributed by atoms with E-state index in [0.29, 0.717) is 5.82 Å². The van der Waals surface area contributed by atoms with Gasteiger partial charge in [-0.1, -0.05) is 36.4 Å². The molecule has 0 aliphatic rings. The Morgan fingerprint density at radius 2 is 1.83 bits per heavy atom. The summed E-state index contributed by atoms with van der Waals surface area (Å²) in [5.74, 6) is 1.49. The average Bonchev–Trinajstić information content (AvgIpc) is 3.07. The Bertz CT molecular complexity index is 1020. The van der Waals surface area contributed by atoms with Gasteiger partial charge in [-0.15, -0.1) is 0 Å². The van der Waals surface area contributed by atoms with Crippen molar-refractivity contribution in [1.29, 1.82) is 0 Å². The lowest BCUT2D eigenvalue weighted by Gasteiger charge is -2.11. The molecule has 4 aromatic rings. The van der Waals surface area contributed by atoms with Crippen molar-refractivity contribution in [2.24, 2.45) is 0 Å². The summed E-state index contributed by atoms with van der Waals surface area (Å²) in [4.78, 5) is 12.1. The number of nitrogens with one attached hydrogen (secondary N) is 1. The van der Waals surface area contributed by atoms with Crippen LogP contribution in [0.25, 0.3) is 21.9 Å². The van der Waals surface area contributed by atoms with E-state index in [1.807, 2.05) is 23.9 Å². The number of hydrogen-bond acceptors (Lipinski definition) is 4. The van der Waals surface area contributed by atoms with E-state index in [1.165, 1.54) is 16.7 Å². The summed E-state index contributed by atoms with van der Waals surface area (Å²) in [6, 6.07) is 14.8. The molecule has 120 valence electrons. The highest BCUT2D eigenvalue weighted by molar-refractivity contribution is 7.97. The van der Waals surface area contributed by atoms with Crippen molar-refractivity contribution in [3.63, 3.8) is 0 Å². The third kappa shape index (κ3) is 2.51. The number of nitrogens with zero attached hydrogens (tertiary/aromatic N) is 2. The second kappa shape index (κ2) is 6.17. The number of nitrogen functional groups attached to an aromatic ring is 1. The van der Waals surface area contributed by atoms with Gasteiger partial charge in [-0.3, -0.25) is 0 Å². The molecule has 4 nitrogen and oxygen atoms in total. The number of rotatable bonds is 4. The molecule has 0 bridgehead atoms. The van der Waals surface area contributed by atoms with Crippen molar-refractivity contribution < 1.29 is 0 Å². The summed E-state index contributed by atoms with van der Waals surface area (Å²) in [7, 11) is 0. The summed E-state index contributed by atoms with van der Waals surface area (Å²) in [5.41, 5.74) is 12.6. The highest BCUT2D eigenvalue weighted by Crippen LogP contribution is 2.30. The molecular formula is C19H18N4S. The monoisotopic (exact) mass is 334 g/mol. The van der Waals surface area contributed by atoms with Crippen LogP contribution in [-0.2, 0) is 12.2 Å². The molecule has 24 heavy (non-hydrogen) atoms. The molecule has 0 aliphatic heterocycles. The van der Waals surface area contributed by atoms with Crippen molar-refractivity contribution >= 4 is 39.5 Å². The number of thioether (sulfide) groups is 1. The zero-order chi connectivity index (χ0) is 16.5. The van der Waals surface area contributed by atoms with Crippen molar-refractivity contribution in [3.8, 4) is 0 Å². The third-order valence-corrected chi connectivity index (χ3v) is 4.90. The SMILES string of the molecule is CSCc1ccccc1Cc1cccc2nc(N)c3nc[nH]c3c12. The maximum Gasteiger partial charge on any atom is 0.152 e. The first-order valence-corrected chi connectivity index (χ1v) is 9.23. The van der Waals surface area contributed by atoms with E-state index in [2.05, 4.69) is 51.5 Å². The molecular weight excluding hydrogens is 316 g/mol. The van der Waals surface area contributed by atoms with Crippen LogP contribution >= 0.6 is 11.8 Å². The van der Waals surface area contributed by atoms with Gasteiger partial charge in [0.2, 0.25) is 0 Å². The van der Waals surface area contributed by atoms with E-state index in [1.54, 1.807) is 6.33 Å². The van der Waals surface area contributed by atoms with Gasteiger partial charge >= 0.3 is 0 Å². The maximum atomic E-state index is 6.04. The topological polar surface area (TPSA) is 67.6 Å². The van der Waals surface area contributed by atoms with Crippen LogP contribution in [0.3, 0.4) is 0 Å². The van der Waals surface area contributed by atoms with Crippen LogP contribution in [0.15, 0.2) is 48.8 Å². The number of anilines is 1. The minimum atomic E-state index is 0.471. The van der Waals surface area contributed by atoms with Crippen molar-refractivity contribution in [2.75, 3.05) is 12.0 Å². The fraction of sp³-hybridized carbons (Fsp3) is 0.158. The third-order valence-electron chi connectivity index (χ3n) is 4.30. The average molecular weight is 334 g/mol. The normalized spacial score (nSPS) is 11.4. The lowest BCUT2D eigenvalue weighted by Crippen LogP contribution is -1.98. The number of pyridine rings is 1. The number of aromatic amines is 1. The number of H-pyrrole nitrogens is 1. The van der Waals surface area contributed by atoms with Crippen LogP contribution in [0.1, 0.15) is 16.7 Å². The number of benzene rings is 2. The van der Waals surface area contributed by atoms with Gasteiger partial charge in [0, 0.05) is 11.1 Å². The van der Waals surface area contributed by atoms with E-state index < -0.39 is 0 Å². The molecule has 5 heteroatoms. The highest BCUT2D eigenvalue weighted by atomic mass is 32.2. The van der Waals surface area contributed by atoms with Crippen LogP contribution < -0.4 is 5.73 Å². The van der Waals surface area contributed by atoms with Gasteiger partial charge in [-0.25, -0.2) is 9.97 Å². The number of nitrogens with two attached hydrogens (primary N) is 1. The van der Waals surface area contributed by atoms with E-state index in [9.17, 15) is 0 Å². The summed E-state index contributed by atoms with van der Waals surface area (Å²) in [6.07, 6.45) is 4.68. The molecule has 3 N–H and O–H groups in total. The molecule has 2 aromatic heterocycles. The fourth-order valence-electron chi connectivity index (χ4n) is 3.21. The zero-order valence-electron chi connectivity index (χ0n) is 13.4. The van der Waals surface area contributed by atoms with Gasteiger partial charge in [0.05, 0.1) is 17.4 Å². The van der Waals surface area contributed by atoms with E-state index in [-0.39, 0.29) is 0 Å². The minimum absolute atomic E-state index is 0.471. The molecule has 0 spiro atoms. The molecule has 0 aliphatic carbocycles. The smallest absolute Gasteiger partial charge is 0.152 e. The van der Waals surface area contributed by atoms with Gasteiger partial charge < -0.3 is 10.7 Å². The zero-order valence-corrected chi connectivity index (χ0v) is 14.2. The summed E-state index contributed by atoms with van der Waals surface area (Å²) >= 11 is 1.84. The second-order valence-corrected chi connectivity index (χ2v) is 6.68. The Kier molecular flexibility index (Phi) is 3.86. The van der Waals surface area contributed by atoms with Gasteiger partial charge in [0.25, 0.3) is 0 Å². The Balaban J connectivity index is 1.90. The standard InChI is InChI=1S/C19H18N4S/c1-24-10-14-6-3-2-5-12(14)9-13-7-4-8-15-16(13)17-18(19(20)23-15)22-11-21-17/h2-8,11H,9-10H2,1H3,(H2,20,23)(H,21,22). The predicted octanol–water partition coefficient (Wildman–Crippen LogP) is 4.15. The molecule has 0 unspecified atom stereocenters. The first kappa shape index (κ1) is 15.0. The van der Waals surface area contributed by atoms with Crippen molar-refractivity contribution in [3.05, 3.63) is 65.5 Å². The van der Waals surface area contributed by atoms with E-state index in [0.717, 1.165) is 34.1 Å². The molecule has 0 saturated heterocycles. The van der Waals surface area contributed by atoms with Crippen molar-refractivity contribution in [2.45, 2.75) is 12.2 Å². The van der Waals surface area contributed by atoms with Crippen LogP contribution in [0, 0.1) is 0 Å². The maximum absolute atomic E-state index is 6.04. The fourth-order valence-corrected chi connectivity index (χ4v) is 3.80. The Labute approximate surface area is 144 Å². The number of hydrogen-bond donors (Lipinski definition) is 2. The van der Waals surface area contributed by atoms with Crippen LogP contribution in [0.2, 0.25) is 0 Å². The van der Waals surface area contributed by atoms with Crippen molar-refractivity contribution in [1.82, 2.24) is 15.0 Å². The Morgan fingerprint density at radius 3 is 2.67 bits per heavy atom. The Morgan fingerprint density at radius 1 is 1.04 bits per heavy atom. The highest BCUT2D eigenvalue weighted by Gasteiger charge is 2.13. The van der Waals surface area contributed by atoms with E-state index >= 15 is 0 Å². The molecule has 2 heterocycles. The molecule has 0 fully saturated rings. The lowest BCUT2D eigenvalue weighted by molar-refractivity contribution is 1.16. The minimum Gasteiger partial charge on any atom is -0.382 e. The molecule has 0 saturated carbocycles. The second-order valence-electron chi connectivity index (χ2n) is 5.81. The van der Waals surface area contributed by atoms with E-state index in [4.69, 9.17) is 5.73 Å². The Hall–Kier alpha value is -2.53. The summed E-state index contributed by atoms with van der Waals surface area (Å²) in [6.45, 7) is 0. The molecule has 0 radical (unpaired) electrons. The molecule has 0 atom stereocenters. The van der Waals surface area contributed by atoms with Crippen LogP contribution in [-0.4, -0.2) is 21.2 Å².